The number of halogens is 1. The minimum Gasteiger partial charge on any atom is -0.296 e. The number of aryl methyl sites for hydroxylation is 2. The molecule has 0 radical (unpaired) electrons. The van der Waals surface area contributed by atoms with Crippen LogP contribution in [-0.2, 0) is 12.8 Å². The van der Waals surface area contributed by atoms with Gasteiger partial charge in [-0.1, -0.05) is 11.6 Å². The monoisotopic (exact) mass is 277 g/mol. The molecule has 3 heteroatoms. The van der Waals surface area contributed by atoms with Crippen LogP contribution in [0.15, 0.2) is 12.1 Å². The molecule has 0 unspecified atom stereocenters. The number of likely N-dealkylation sites (tertiary alicyclic amines) is 1. The average molecular weight is 278 g/mol. The van der Waals surface area contributed by atoms with E-state index >= 15 is 0 Å². The van der Waals surface area contributed by atoms with E-state index in [9.17, 15) is 4.79 Å². The minimum atomic E-state index is 0.181. The van der Waals surface area contributed by atoms with Gasteiger partial charge in [0.1, 0.15) is 0 Å². The highest BCUT2D eigenvalue weighted by atomic mass is 35.5. The summed E-state index contributed by atoms with van der Waals surface area (Å²) < 4.78 is 0. The van der Waals surface area contributed by atoms with E-state index in [1.54, 1.807) is 0 Å². The lowest BCUT2D eigenvalue weighted by molar-refractivity contribution is 0.0945. The molecule has 1 aliphatic carbocycles. The van der Waals surface area contributed by atoms with Crippen molar-refractivity contribution in [2.45, 2.75) is 38.5 Å². The van der Waals surface area contributed by atoms with Gasteiger partial charge in [-0.3, -0.25) is 9.69 Å². The Morgan fingerprint density at radius 2 is 1.68 bits per heavy atom. The molecule has 1 fully saturated rings. The molecule has 3 rings (SSSR count). The van der Waals surface area contributed by atoms with Crippen molar-refractivity contribution >= 4 is 17.4 Å². The van der Waals surface area contributed by atoms with E-state index in [4.69, 9.17) is 11.6 Å². The molecule has 1 saturated heterocycles. The third-order valence-electron chi connectivity index (χ3n) is 4.30. The van der Waals surface area contributed by atoms with E-state index in [-0.39, 0.29) is 5.78 Å². The number of fused-ring (bicyclic) bond motifs is 1. The number of rotatable bonds is 3. The Bertz CT molecular complexity index is 492. The summed E-state index contributed by atoms with van der Waals surface area (Å²) >= 11 is 6.30. The van der Waals surface area contributed by atoms with Gasteiger partial charge in [-0.2, -0.15) is 0 Å². The van der Waals surface area contributed by atoms with E-state index in [0.29, 0.717) is 11.6 Å². The summed E-state index contributed by atoms with van der Waals surface area (Å²) in [6, 6.07) is 4.07. The highest BCUT2D eigenvalue weighted by molar-refractivity contribution is 6.34. The van der Waals surface area contributed by atoms with Crippen LogP contribution < -0.4 is 0 Å². The maximum atomic E-state index is 12.4. The molecule has 2 nitrogen and oxygen atoms in total. The molecule has 0 N–H and O–H groups in total. The van der Waals surface area contributed by atoms with Crippen LogP contribution in [0.4, 0.5) is 0 Å². The van der Waals surface area contributed by atoms with Crippen molar-refractivity contribution in [1.29, 1.82) is 0 Å². The molecule has 0 atom stereocenters. The summed E-state index contributed by atoms with van der Waals surface area (Å²) in [7, 11) is 0. The molecule has 0 spiro atoms. The van der Waals surface area contributed by atoms with Crippen LogP contribution in [0.5, 0.6) is 0 Å². The van der Waals surface area contributed by atoms with Gasteiger partial charge in [0.2, 0.25) is 0 Å². The predicted octanol–water partition coefficient (Wildman–Crippen LogP) is 3.50. The van der Waals surface area contributed by atoms with Gasteiger partial charge in [0.15, 0.2) is 5.78 Å². The van der Waals surface area contributed by atoms with Gasteiger partial charge >= 0.3 is 0 Å². The zero-order chi connectivity index (χ0) is 13.2. The Labute approximate surface area is 119 Å². The molecular weight excluding hydrogens is 258 g/mol. The summed E-state index contributed by atoms with van der Waals surface area (Å²) in [6.07, 6.45) is 7.10. The molecule has 0 saturated carbocycles. The summed E-state index contributed by atoms with van der Waals surface area (Å²) in [5, 5.41) is 0.643. The minimum absolute atomic E-state index is 0.181. The fourth-order valence-electron chi connectivity index (χ4n) is 3.20. The lowest BCUT2D eigenvalue weighted by atomic mass is 9.89. The van der Waals surface area contributed by atoms with Crippen molar-refractivity contribution < 1.29 is 4.79 Å². The van der Waals surface area contributed by atoms with Crippen molar-refractivity contribution in [3.8, 4) is 0 Å². The second kappa shape index (κ2) is 5.64. The first-order valence-corrected chi connectivity index (χ1v) is 7.69. The zero-order valence-electron chi connectivity index (χ0n) is 11.3. The van der Waals surface area contributed by atoms with Gasteiger partial charge in [0.05, 0.1) is 11.6 Å². The third kappa shape index (κ3) is 2.85. The van der Waals surface area contributed by atoms with Gasteiger partial charge in [0, 0.05) is 5.56 Å². The van der Waals surface area contributed by atoms with Gasteiger partial charge < -0.3 is 0 Å². The van der Waals surface area contributed by atoms with E-state index in [0.717, 1.165) is 31.5 Å². The van der Waals surface area contributed by atoms with Crippen LogP contribution in [0.25, 0.3) is 0 Å². The Balaban J connectivity index is 1.81. The zero-order valence-corrected chi connectivity index (χ0v) is 12.0. The Morgan fingerprint density at radius 3 is 2.37 bits per heavy atom. The molecule has 0 amide bonds. The van der Waals surface area contributed by atoms with E-state index in [1.165, 1.54) is 36.8 Å². The molecule has 102 valence electrons. The molecule has 2 aliphatic rings. The van der Waals surface area contributed by atoms with Crippen molar-refractivity contribution in [1.82, 2.24) is 4.90 Å². The molecule has 1 aliphatic heterocycles. The van der Waals surface area contributed by atoms with Crippen molar-refractivity contribution in [2.24, 2.45) is 0 Å². The van der Waals surface area contributed by atoms with Crippen molar-refractivity contribution in [2.75, 3.05) is 19.6 Å². The molecular formula is C16H20ClNO. The highest BCUT2D eigenvalue weighted by Crippen LogP contribution is 2.28. The quantitative estimate of drug-likeness (QED) is 0.788. The number of ketones is 1. The van der Waals surface area contributed by atoms with Crippen LogP contribution in [0, 0.1) is 0 Å². The van der Waals surface area contributed by atoms with Crippen LogP contribution in [0.1, 0.15) is 47.2 Å². The third-order valence-corrected chi connectivity index (χ3v) is 4.61. The number of carbonyl (C=O) groups is 1. The molecule has 19 heavy (non-hydrogen) atoms. The fourth-order valence-corrected chi connectivity index (χ4v) is 3.49. The smallest absolute Gasteiger partial charge is 0.178 e. The lowest BCUT2D eigenvalue weighted by Gasteiger charge is -2.19. The van der Waals surface area contributed by atoms with Crippen LogP contribution in [0.2, 0.25) is 5.02 Å². The molecule has 0 aromatic heterocycles. The number of hydrogen-bond acceptors (Lipinski definition) is 2. The van der Waals surface area contributed by atoms with Crippen molar-refractivity contribution in [3.05, 3.63) is 33.8 Å². The normalized spacial score (nSPS) is 19.4. The van der Waals surface area contributed by atoms with E-state index < -0.39 is 0 Å². The molecule has 0 bridgehead atoms. The summed E-state index contributed by atoms with van der Waals surface area (Å²) in [6.45, 7) is 2.63. The first-order valence-electron chi connectivity index (χ1n) is 7.31. The standard InChI is InChI=1S/C16H20ClNO/c17-15-10-13-6-2-1-5-12(13)9-14(15)16(19)11-18-7-3-4-8-18/h9-10H,1-8,11H2. The first-order chi connectivity index (χ1) is 9.24. The Kier molecular flexibility index (Phi) is 3.90. The average Bonchev–Trinajstić information content (AvgIpc) is 2.90. The highest BCUT2D eigenvalue weighted by Gasteiger charge is 2.20. The van der Waals surface area contributed by atoms with Crippen molar-refractivity contribution in [3.63, 3.8) is 0 Å². The molecule has 1 aromatic carbocycles. The van der Waals surface area contributed by atoms with Crippen LogP contribution >= 0.6 is 11.6 Å². The molecule has 1 heterocycles. The largest absolute Gasteiger partial charge is 0.296 e. The topological polar surface area (TPSA) is 20.3 Å². The van der Waals surface area contributed by atoms with Crippen LogP contribution in [0.3, 0.4) is 0 Å². The van der Waals surface area contributed by atoms with Crippen LogP contribution in [-0.4, -0.2) is 30.3 Å². The molecule has 1 aromatic rings. The van der Waals surface area contributed by atoms with E-state index in [1.807, 2.05) is 6.07 Å². The predicted molar refractivity (Wildman–Crippen MR) is 78.1 cm³/mol. The number of Topliss-reactive ketones (excluding diaryl/α,β-unsaturated/α-hetero) is 1. The summed E-state index contributed by atoms with van der Waals surface area (Å²) in [5.74, 6) is 0.181. The second-order valence-corrected chi connectivity index (χ2v) is 6.12. The Hall–Kier alpha value is -0.860. The maximum Gasteiger partial charge on any atom is 0.178 e. The van der Waals surface area contributed by atoms with Gasteiger partial charge in [-0.05, 0) is 74.9 Å². The summed E-state index contributed by atoms with van der Waals surface area (Å²) in [4.78, 5) is 14.6. The SMILES string of the molecule is O=C(CN1CCCC1)c1cc2c(cc1Cl)CCCC2. The number of hydrogen-bond donors (Lipinski definition) is 0. The summed E-state index contributed by atoms with van der Waals surface area (Å²) in [5.41, 5.74) is 3.41. The first kappa shape index (κ1) is 13.1. The van der Waals surface area contributed by atoms with Gasteiger partial charge in [0.25, 0.3) is 0 Å². The second-order valence-electron chi connectivity index (χ2n) is 5.71. The Morgan fingerprint density at radius 1 is 1.05 bits per heavy atom. The number of benzene rings is 1. The number of carbonyl (C=O) groups excluding carboxylic acids is 1. The number of nitrogens with zero attached hydrogens (tertiary/aromatic N) is 1. The maximum absolute atomic E-state index is 12.4. The van der Waals surface area contributed by atoms with Gasteiger partial charge in [-0.25, -0.2) is 0 Å². The van der Waals surface area contributed by atoms with E-state index in [2.05, 4.69) is 11.0 Å². The van der Waals surface area contributed by atoms with Gasteiger partial charge in [-0.15, -0.1) is 0 Å². The lowest BCUT2D eigenvalue weighted by Crippen LogP contribution is -2.27. The fraction of sp³-hybridized carbons (Fsp3) is 0.562.